The van der Waals surface area contributed by atoms with Crippen molar-refractivity contribution in [1.82, 2.24) is 4.90 Å². The molecule has 1 rings (SSSR count). The lowest BCUT2D eigenvalue weighted by Gasteiger charge is -2.34. The van der Waals surface area contributed by atoms with Gasteiger partial charge in [-0.2, -0.15) is 0 Å². The Morgan fingerprint density at radius 2 is 1.76 bits per heavy atom. The van der Waals surface area contributed by atoms with Crippen LogP contribution in [0.5, 0.6) is 0 Å². The van der Waals surface area contributed by atoms with Crippen LogP contribution in [0.25, 0.3) is 0 Å². The number of hydrogen-bond acceptors (Lipinski definition) is 2. The molecular formula is C14H28FNO. The van der Waals surface area contributed by atoms with Crippen molar-refractivity contribution in [2.75, 3.05) is 32.8 Å². The number of unbranched alkanes of at least 4 members (excludes halogenated alkanes) is 2. The molecule has 1 heterocycles. The lowest BCUT2D eigenvalue weighted by Crippen LogP contribution is -2.45. The number of halogens is 1. The molecule has 0 aromatic rings. The third-order valence-corrected chi connectivity index (χ3v) is 3.54. The lowest BCUT2D eigenvalue weighted by atomic mass is 9.92. The zero-order valence-electron chi connectivity index (χ0n) is 11.5. The number of hydrogen-bond donors (Lipinski definition) is 0. The molecule has 0 aromatic heterocycles. The molecule has 0 aromatic carbocycles. The van der Waals surface area contributed by atoms with Crippen LogP contribution in [0.4, 0.5) is 4.39 Å². The van der Waals surface area contributed by atoms with Crippen molar-refractivity contribution in [3.05, 3.63) is 0 Å². The molecule has 0 radical (unpaired) electrons. The summed E-state index contributed by atoms with van der Waals surface area (Å²) < 4.78 is 20.1. The predicted octanol–water partition coefficient (Wildman–Crippen LogP) is 3.41. The third-order valence-electron chi connectivity index (χ3n) is 3.54. The molecule has 1 aliphatic rings. The summed E-state index contributed by atoms with van der Waals surface area (Å²) in [6.45, 7) is 8.16. The van der Waals surface area contributed by atoms with Crippen LogP contribution in [-0.4, -0.2) is 43.4 Å². The topological polar surface area (TPSA) is 12.5 Å². The molecule has 17 heavy (non-hydrogen) atoms. The fourth-order valence-electron chi connectivity index (χ4n) is 2.58. The van der Waals surface area contributed by atoms with Crippen LogP contribution >= 0.6 is 0 Å². The molecule has 0 aliphatic carbocycles. The minimum absolute atomic E-state index is 0.605. The highest BCUT2D eigenvalue weighted by atomic mass is 19.1. The number of rotatable bonds is 8. The Balaban J connectivity index is 2.38. The maximum Gasteiger partial charge on any atom is 0.123 e. The molecule has 2 nitrogen and oxygen atoms in total. The summed E-state index contributed by atoms with van der Waals surface area (Å²) in [5.74, 6) is 0. The van der Waals surface area contributed by atoms with Gasteiger partial charge in [0.2, 0.25) is 0 Å². The quantitative estimate of drug-likeness (QED) is 0.608. The molecule has 3 heteroatoms. The molecule has 1 fully saturated rings. The first-order valence-electron chi connectivity index (χ1n) is 7.19. The maximum atomic E-state index is 14.8. The largest absolute Gasteiger partial charge is 0.379 e. The number of ether oxygens (including phenoxy) is 1. The standard InChI is InChI=1S/C14H28FNO/c1-3-5-6-8-14(15,7-4-2)13-16-9-11-17-12-10-16/h3-13H2,1-2H3. The van der Waals surface area contributed by atoms with Gasteiger partial charge in [-0.3, -0.25) is 4.90 Å². The van der Waals surface area contributed by atoms with Crippen molar-refractivity contribution in [1.29, 1.82) is 0 Å². The number of morpholine rings is 1. The first-order valence-corrected chi connectivity index (χ1v) is 7.19. The van der Waals surface area contributed by atoms with Gasteiger partial charge in [0.15, 0.2) is 0 Å². The van der Waals surface area contributed by atoms with E-state index in [0.29, 0.717) is 13.0 Å². The van der Waals surface area contributed by atoms with E-state index in [0.717, 1.165) is 52.0 Å². The Bertz CT molecular complexity index is 195. The summed E-state index contributed by atoms with van der Waals surface area (Å²) in [5.41, 5.74) is -0.971. The molecule has 1 unspecified atom stereocenters. The molecule has 102 valence electrons. The van der Waals surface area contributed by atoms with Gasteiger partial charge in [0.05, 0.1) is 13.2 Å². The van der Waals surface area contributed by atoms with Gasteiger partial charge in [0.25, 0.3) is 0 Å². The first kappa shape index (κ1) is 14.9. The molecular weight excluding hydrogens is 217 g/mol. The van der Waals surface area contributed by atoms with Gasteiger partial charge in [0, 0.05) is 19.6 Å². The summed E-state index contributed by atoms with van der Waals surface area (Å²) in [6, 6.07) is 0. The first-order chi connectivity index (χ1) is 8.20. The summed E-state index contributed by atoms with van der Waals surface area (Å²) in [5, 5.41) is 0. The average Bonchev–Trinajstić information content (AvgIpc) is 2.31. The van der Waals surface area contributed by atoms with E-state index in [-0.39, 0.29) is 0 Å². The van der Waals surface area contributed by atoms with Gasteiger partial charge >= 0.3 is 0 Å². The zero-order chi connectivity index (χ0) is 12.6. The zero-order valence-corrected chi connectivity index (χ0v) is 11.5. The molecule has 0 amide bonds. The van der Waals surface area contributed by atoms with Gasteiger partial charge in [-0.05, 0) is 12.8 Å². The van der Waals surface area contributed by atoms with E-state index in [1.54, 1.807) is 0 Å². The Morgan fingerprint density at radius 1 is 1.06 bits per heavy atom. The second-order valence-electron chi connectivity index (χ2n) is 5.25. The van der Waals surface area contributed by atoms with E-state index in [1.807, 2.05) is 0 Å². The summed E-state index contributed by atoms with van der Waals surface area (Å²) in [6.07, 6.45) is 5.71. The van der Waals surface area contributed by atoms with E-state index in [1.165, 1.54) is 6.42 Å². The van der Waals surface area contributed by atoms with E-state index in [4.69, 9.17) is 4.74 Å². The smallest absolute Gasteiger partial charge is 0.123 e. The minimum Gasteiger partial charge on any atom is -0.379 e. The SMILES string of the molecule is CCCCCC(F)(CCC)CN1CCOCC1. The van der Waals surface area contributed by atoms with Gasteiger partial charge in [-0.25, -0.2) is 4.39 Å². The number of nitrogens with zero attached hydrogens (tertiary/aromatic N) is 1. The molecule has 0 N–H and O–H groups in total. The highest BCUT2D eigenvalue weighted by Crippen LogP contribution is 2.27. The van der Waals surface area contributed by atoms with Crippen LogP contribution in [0.1, 0.15) is 52.4 Å². The van der Waals surface area contributed by atoms with Crippen LogP contribution in [0.3, 0.4) is 0 Å². The lowest BCUT2D eigenvalue weighted by molar-refractivity contribution is -0.000816. The van der Waals surface area contributed by atoms with Crippen LogP contribution in [0.2, 0.25) is 0 Å². The molecule has 1 saturated heterocycles. The Labute approximate surface area is 106 Å². The van der Waals surface area contributed by atoms with E-state index >= 15 is 0 Å². The van der Waals surface area contributed by atoms with Gasteiger partial charge in [-0.1, -0.05) is 39.5 Å². The van der Waals surface area contributed by atoms with Crippen molar-refractivity contribution in [3.63, 3.8) is 0 Å². The van der Waals surface area contributed by atoms with Crippen LogP contribution in [0.15, 0.2) is 0 Å². The molecule has 0 saturated carbocycles. The molecule has 0 spiro atoms. The second-order valence-corrected chi connectivity index (χ2v) is 5.25. The molecule has 1 aliphatic heterocycles. The Kier molecular flexibility index (Phi) is 7.05. The van der Waals surface area contributed by atoms with Crippen molar-refractivity contribution in [3.8, 4) is 0 Å². The predicted molar refractivity (Wildman–Crippen MR) is 70.1 cm³/mol. The normalized spacial score (nSPS) is 21.4. The van der Waals surface area contributed by atoms with E-state index in [2.05, 4.69) is 18.7 Å². The fourth-order valence-corrected chi connectivity index (χ4v) is 2.58. The van der Waals surface area contributed by atoms with Gasteiger partial charge < -0.3 is 4.74 Å². The van der Waals surface area contributed by atoms with Crippen LogP contribution < -0.4 is 0 Å². The summed E-state index contributed by atoms with van der Waals surface area (Å²) >= 11 is 0. The minimum atomic E-state index is -0.971. The van der Waals surface area contributed by atoms with Crippen molar-refractivity contribution < 1.29 is 9.13 Å². The molecule has 0 bridgehead atoms. The van der Waals surface area contributed by atoms with Gasteiger partial charge in [-0.15, -0.1) is 0 Å². The molecule has 1 atom stereocenters. The summed E-state index contributed by atoms with van der Waals surface area (Å²) in [7, 11) is 0. The Morgan fingerprint density at radius 3 is 2.35 bits per heavy atom. The second kappa shape index (κ2) is 8.04. The third kappa shape index (κ3) is 5.82. The van der Waals surface area contributed by atoms with Crippen molar-refractivity contribution >= 4 is 0 Å². The highest BCUT2D eigenvalue weighted by molar-refractivity contribution is 4.83. The fraction of sp³-hybridized carbons (Fsp3) is 1.00. The van der Waals surface area contributed by atoms with Crippen molar-refractivity contribution in [2.24, 2.45) is 0 Å². The highest BCUT2D eigenvalue weighted by Gasteiger charge is 2.31. The maximum absolute atomic E-state index is 14.8. The van der Waals surface area contributed by atoms with E-state index in [9.17, 15) is 4.39 Å². The van der Waals surface area contributed by atoms with Crippen molar-refractivity contribution in [2.45, 2.75) is 58.0 Å². The van der Waals surface area contributed by atoms with Crippen LogP contribution in [-0.2, 0) is 4.74 Å². The average molecular weight is 245 g/mol. The van der Waals surface area contributed by atoms with Gasteiger partial charge in [0.1, 0.15) is 5.67 Å². The number of alkyl halides is 1. The van der Waals surface area contributed by atoms with Crippen LogP contribution in [0, 0.1) is 0 Å². The Hall–Kier alpha value is -0.150. The van der Waals surface area contributed by atoms with E-state index < -0.39 is 5.67 Å². The summed E-state index contributed by atoms with van der Waals surface area (Å²) in [4.78, 5) is 2.23. The monoisotopic (exact) mass is 245 g/mol.